The van der Waals surface area contributed by atoms with Crippen LogP contribution in [0.4, 0.5) is 0 Å². The first-order valence-corrected chi connectivity index (χ1v) is 3.48. The van der Waals surface area contributed by atoms with Crippen molar-refractivity contribution in [3.8, 4) is 0 Å². The molecular formula is C8H14N2. The Morgan fingerprint density at radius 2 is 2.20 bits per heavy atom. The van der Waals surface area contributed by atoms with Crippen molar-refractivity contribution in [2.75, 3.05) is 7.05 Å². The second kappa shape index (κ2) is 2.37. The Balaban J connectivity index is 2.66. The van der Waals surface area contributed by atoms with E-state index in [2.05, 4.69) is 25.4 Å². The van der Waals surface area contributed by atoms with Crippen LogP contribution in [-0.2, 0) is 0 Å². The predicted octanol–water partition coefficient (Wildman–Crippen LogP) is 1.28. The summed E-state index contributed by atoms with van der Waals surface area (Å²) >= 11 is 0. The lowest BCUT2D eigenvalue weighted by atomic mass is 10.1. The zero-order chi connectivity index (χ0) is 7.72. The normalized spacial score (nSPS) is 26.6. The molecule has 1 fully saturated rings. The van der Waals surface area contributed by atoms with Crippen molar-refractivity contribution in [2.24, 2.45) is 0 Å². The molecule has 0 bridgehead atoms. The number of rotatable bonds is 0. The largest absolute Gasteiger partial charge is 0.369 e. The lowest BCUT2D eigenvalue weighted by Crippen LogP contribution is -2.39. The Labute approximate surface area is 62.2 Å². The summed E-state index contributed by atoms with van der Waals surface area (Å²) in [5.74, 6) is 0.948. The minimum atomic E-state index is 0.483. The summed E-state index contributed by atoms with van der Waals surface area (Å²) in [6.45, 7) is 9.90. The molecule has 1 unspecified atom stereocenters. The van der Waals surface area contributed by atoms with Crippen LogP contribution in [0.1, 0.15) is 13.3 Å². The molecule has 2 heteroatoms. The lowest BCUT2D eigenvalue weighted by Gasteiger charge is -2.34. The zero-order valence-corrected chi connectivity index (χ0v) is 6.65. The fraction of sp³-hybridized carbons (Fsp3) is 0.500. The van der Waals surface area contributed by atoms with Gasteiger partial charge in [-0.3, -0.25) is 0 Å². The maximum atomic E-state index is 3.92. The van der Waals surface area contributed by atoms with Gasteiger partial charge in [0.05, 0.1) is 5.82 Å². The van der Waals surface area contributed by atoms with Crippen molar-refractivity contribution < 1.29 is 0 Å². The number of nitrogens with zero attached hydrogens (tertiary/aromatic N) is 1. The van der Waals surface area contributed by atoms with Crippen molar-refractivity contribution in [3.05, 3.63) is 24.7 Å². The Bertz CT molecular complexity index is 154. The van der Waals surface area contributed by atoms with Gasteiger partial charge in [0.25, 0.3) is 0 Å². The van der Waals surface area contributed by atoms with Crippen molar-refractivity contribution in [1.82, 2.24) is 10.2 Å². The van der Waals surface area contributed by atoms with Gasteiger partial charge in [-0.2, -0.15) is 0 Å². The van der Waals surface area contributed by atoms with Gasteiger partial charge in [-0.25, -0.2) is 0 Å². The SMILES string of the molecule is C=C1CC(C)NC(=C)N1C. The third kappa shape index (κ3) is 1.15. The molecule has 0 aliphatic carbocycles. The lowest BCUT2D eigenvalue weighted by molar-refractivity contribution is 0.364. The molecule has 0 spiro atoms. The quantitative estimate of drug-likeness (QED) is 0.542. The van der Waals surface area contributed by atoms with Crippen molar-refractivity contribution in [3.63, 3.8) is 0 Å². The van der Waals surface area contributed by atoms with E-state index in [-0.39, 0.29) is 0 Å². The smallest absolute Gasteiger partial charge is 0.0980 e. The third-order valence-electron chi connectivity index (χ3n) is 1.83. The van der Waals surface area contributed by atoms with Gasteiger partial charge in [-0.05, 0) is 6.92 Å². The van der Waals surface area contributed by atoms with Gasteiger partial charge in [0.1, 0.15) is 0 Å². The summed E-state index contributed by atoms with van der Waals surface area (Å²) < 4.78 is 0. The van der Waals surface area contributed by atoms with E-state index in [0.29, 0.717) is 6.04 Å². The topological polar surface area (TPSA) is 15.3 Å². The fourth-order valence-electron chi connectivity index (χ4n) is 1.11. The summed E-state index contributed by atoms with van der Waals surface area (Å²) in [5, 5.41) is 3.23. The Kier molecular flexibility index (Phi) is 1.70. The molecule has 10 heavy (non-hydrogen) atoms. The van der Waals surface area contributed by atoms with Crippen LogP contribution in [0.3, 0.4) is 0 Å². The van der Waals surface area contributed by atoms with Crippen LogP contribution in [0.5, 0.6) is 0 Å². The van der Waals surface area contributed by atoms with Gasteiger partial charge < -0.3 is 10.2 Å². The van der Waals surface area contributed by atoms with Gasteiger partial charge in [0.2, 0.25) is 0 Å². The van der Waals surface area contributed by atoms with Gasteiger partial charge in [-0.15, -0.1) is 0 Å². The minimum absolute atomic E-state index is 0.483. The van der Waals surface area contributed by atoms with Crippen LogP contribution in [0.15, 0.2) is 24.7 Å². The molecule has 1 heterocycles. The van der Waals surface area contributed by atoms with Gasteiger partial charge in [0, 0.05) is 25.2 Å². The third-order valence-corrected chi connectivity index (χ3v) is 1.83. The molecule has 0 aromatic heterocycles. The highest BCUT2D eigenvalue weighted by atomic mass is 15.3. The first kappa shape index (κ1) is 7.19. The van der Waals surface area contributed by atoms with E-state index in [1.165, 1.54) is 0 Å². The van der Waals surface area contributed by atoms with Crippen molar-refractivity contribution in [1.29, 1.82) is 0 Å². The van der Waals surface area contributed by atoms with E-state index in [0.717, 1.165) is 17.9 Å². The van der Waals surface area contributed by atoms with Crippen LogP contribution < -0.4 is 5.32 Å². The molecule has 0 aromatic rings. The molecule has 1 N–H and O–H groups in total. The average Bonchev–Trinajstić information content (AvgIpc) is 1.82. The molecule has 1 aliphatic heterocycles. The van der Waals surface area contributed by atoms with E-state index >= 15 is 0 Å². The summed E-state index contributed by atoms with van der Waals surface area (Å²) in [4.78, 5) is 1.99. The van der Waals surface area contributed by atoms with Crippen LogP contribution in [-0.4, -0.2) is 18.0 Å². The van der Waals surface area contributed by atoms with Crippen molar-refractivity contribution >= 4 is 0 Å². The molecule has 1 aliphatic rings. The number of nitrogens with one attached hydrogen (secondary N) is 1. The highest BCUT2D eigenvalue weighted by molar-refractivity contribution is 5.11. The molecule has 1 saturated heterocycles. The molecule has 0 aromatic carbocycles. The van der Waals surface area contributed by atoms with E-state index in [1.807, 2.05) is 11.9 Å². The summed E-state index contributed by atoms with van der Waals surface area (Å²) in [6, 6.07) is 0.483. The van der Waals surface area contributed by atoms with Gasteiger partial charge in [0.15, 0.2) is 0 Å². The summed E-state index contributed by atoms with van der Waals surface area (Å²) in [7, 11) is 1.98. The molecule has 2 nitrogen and oxygen atoms in total. The fourth-order valence-corrected chi connectivity index (χ4v) is 1.11. The second-order valence-corrected chi connectivity index (χ2v) is 2.82. The van der Waals surface area contributed by atoms with Gasteiger partial charge >= 0.3 is 0 Å². The second-order valence-electron chi connectivity index (χ2n) is 2.82. The van der Waals surface area contributed by atoms with E-state index in [1.54, 1.807) is 0 Å². The Morgan fingerprint density at radius 1 is 1.60 bits per heavy atom. The minimum Gasteiger partial charge on any atom is -0.369 e. The summed E-state index contributed by atoms with van der Waals surface area (Å²) in [5.41, 5.74) is 1.14. The molecule has 56 valence electrons. The van der Waals surface area contributed by atoms with Crippen molar-refractivity contribution in [2.45, 2.75) is 19.4 Å². The van der Waals surface area contributed by atoms with E-state index < -0.39 is 0 Å². The number of hydrogen-bond acceptors (Lipinski definition) is 2. The van der Waals surface area contributed by atoms with Crippen LogP contribution in [0.25, 0.3) is 0 Å². The van der Waals surface area contributed by atoms with E-state index in [4.69, 9.17) is 0 Å². The average molecular weight is 138 g/mol. The maximum Gasteiger partial charge on any atom is 0.0980 e. The highest BCUT2D eigenvalue weighted by Crippen LogP contribution is 2.17. The van der Waals surface area contributed by atoms with Crippen LogP contribution in [0, 0.1) is 0 Å². The molecule has 0 radical (unpaired) electrons. The molecule has 1 rings (SSSR count). The van der Waals surface area contributed by atoms with Crippen LogP contribution >= 0.6 is 0 Å². The molecule has 0 amide bonds. The van der Waals surface area contributed by atoms with E-state index in [9.17, 15) is 0 Å². The predicted molar refractivity (Wildman–Crippen MR) is 43.3 cm³/mol. The van der Waals surface area contributed by atoms with Crippen LogP contribution in [0.2, 0.25) is 0 Å². The first-order chi connectivity index (χ1) is 4.61. The molecule has 0 saturated carbocycles. The zero-order valence-electron chi connectivity index (χ0n) is 6.65. The Morgan fingerprint density at radius 3 is 2.70 bits per heavy atom. The van der Waals surface area contributed by atoms with Gasteiger partial charge in [-0.1, -0.05) is 13.2 Å². The Hall–Kier alpha value is -0.920. The molecule has 1 atom stereocenters. The first-order valence-electron chi connectivity index (χ1n) is 3.48. The number of hydrogen-bond donors (Lipinski definition) is 1. The standard InChI is InChI=1S/C8H14N2/c1-6-5-7(2)10(4)8(3)9-6/h6,9H,2-3,5H2,1,4H3. The maximum absolute atomic E-state index is 3.92. The highest BCUT2D eigenvalue weighted by Gasteiger charge is 2.16. The monoisotopic (exact) mass is 138 g/mol. The molecular weight excluding hydrogens is 124 g/mol. The summed E-state index contributed by atoms with van der Waals surface area (Å²) in [6.07, 6.45) is 1.01.